The van der Waals surface area contributed by atoms with Crippen LogP contribution in [0.3, 0.4) is 0 Å². The van der Waals surface area contributed by atoms with Gasteiger partial charge < -0.3 is 15.6 Å². The van der Waals surface area contributed by atoms with Crippen LogP contribution in [0, 0.1) is 0 Å². The Hall–Kier alpha value is -1.86. The van der Waals surface area contributed by atoms with E-state index >= 15 is 0 Å². The third-order valence-corrected chi connectivity index (χ3v) is 2.75. The molecule has 0 aromatic heterocycles. The second kappa shape index (κ2) is 9.32. The topological polar surface area (TPSA) is 72.5 Å². The van der Waals surface area contributed by atoms with Crippen LogP contribution in [-0.2, 0) is 16.1 Å². The van der Waals surface area contributed by atoms with Gasteiger partial charge in [-0.15, -0.1) is 6.58 Å². The van der Waals surface area contributed by atoms with Gasteiger partial charge in [0.15, 0.2) is 0 Å². The summed E-state index contributed by atoms with van der Waals surface area (Å²) in [5.74, 6) is -2.76. The van der Waals surface area contributed by atoms with Gasteiger partial charge in [-0.1, -0.05) is 36.4 Å². The predicted octanol–water partition coefficient (Wildman–Crippen LogP) is 3.52. The molecule has 4 nitrogen and oxygen atoms in total. The highest BCUT2D eigenvalue weighted by molar-refractivity contribution is 5.73. The van der Waals surface area contributed by atoms with Crippen molar-refractivity contribution in [2.45, 2.75) is 44.7 Å². The molecule has 1 atom stereocenters. The van der Waals surface area contributed by atoms with Gasteiger partial charge in [0.2, 0.25) is 0 Å². The first-order chi connectivity index (χ1) is 10.5. The number of hydrogen-bond donors (Lipinski definition) is 2. The molecule has 0 radical (unpaired) electrons. The first kappa shape index (κ1) is 21.1. The van der Waals surface area contributed by atoms with Crippen molar-refractivity contribution in [1.82, 2.24) is 0 Å². The lowest BCUT2D eigenvalue weighted by Gasteiger charge is -2.29. The highest BCUT2D eigenvalue weighted by Crippen LogP contribution is 2.16. The molecule has 130 valence electrons. The van der Waals surface area contributed by atoms with Gasteiger partial charge in [0.05, 0.1) is 12.7 Å². The SMILES string of the molecule is C=CCC(OCc1ccccc1)C(C)(C)N.O=C(O)C(F)(F)F. The molecule has 0 bridgehead atoms. The fourth-order valence-electron chi connectivity index (χ4n) is 1.51. The normalized spacial score (nSPS) is 12.8. The summed E-state index contributed by atoms with van der Waals surface area (Å²) in [4.78, 5) is 8.90. The lowest BCUT2D eigenvalue weighted by atomic mass is 9.96. The van der Waals surface area contributed by atoms with Crippen LogP contribution < -0.4 is 5.73 Å². The summed E-state index contributed by atoms with van der Waals surface area (Å²) in [5, 5.41) is 7.12. The molecule has 1 aromatic rings. The maximum Gasteiger partial charge on any atom is 0.490 e. The van der Waals surface area contributed by atoms with Gasteiger partial charge in [-0.2, -0.15) is 13.2 Å². The van der Waals surface area contributed by atoms with Crippen molar-refractivity contribution in [3.63, 3.8) is 0 Å². The quantitative estimate of drug-likeness (QED) is 0.781. The standard InChI is InChI=1S/C14H21NO.C2HF3O2/c1-4-8-13(14(2,3)15)16-11-12-9-6-5-7-10-12;3-2(4,5)1(6)7/h4-7,9-10,13H,1,8,11,15H2,2-3H3;(H,6,7). The molecule has 3 N–H and O–H groups in total. The van der Waals surface area contributed by atoms with Crippen LogP contribution in [0.5, 0.6) is 0 Å². The van der Waals surface area contributed by atoms with Crippen molar-refractivity contribution in [2.75, 3.05) is 0 Å². The Morgan fingerprint density at radius 2 is 1.83 bits per heavy atom. The molecule has 0 aliphatic carbocycles. The maximum absolute atomic E-state index is 10.6. The van der Waals surface area contributed by atoms with E-state index < -0.39 is 12.1 Å². The van der Waals surface area contributed by atoms with E-state index in [1.807, 2.05) is 38.1 Å². The Bertz CT molecular complexity index is 482. The molecular weight excluding hydrogens is 311 g/mol. The van der Waals surface area contributed by atoms with E-state index in [4.69, 9.17) is 20.4 Å². The van der Waals surface area contributed by atoms with Crippen molar-refractivity contribution in [2.24, 2.45) is 5.73 Å². The van der Waals surface area contributed by atoms with Crippen molar-refractivity contribution >= 4 is 5.97 Å². The summed E-state index contributed by atoms with van der Waals surface area (Å²) < 4.78 is 37.6. The molecule has 1 unspecified atom stereocenters. The lowest BCUT2D eigenvalue weighted by molar-refractivity contribution is -0.192. The minimum atomic E-state index is -5.08. The number of carbonyl (C=O) groups is 1. The van der Waals surface area contributed by atoms with Crippen molar-refractivity contribution in [3.8, 4) is 0 Å². The third kappa shape index (κ3) is 9.70. The van der Waals surface area contributed by atoms with Crippen LogP contribution in [0.15, 0.2) is 43.0 Å². The highest BCUT2D eigenvalue weighted by atomic mass is 19.4. The van der Waals surface area contributed by atoms with E-state index in [0.717, 1.165) is 6.42 Å². The third-order valence-electron chi connectivity index (χ3n) is 2.75. The largest absolute Gasteiger partial charge is 0.490 e. The summed E-state index contributed by atoms with van der Waals surface area (Å²) in [5.41, 5.74) is 6.88. The number of hydrogen-bond acceptors (Lipinski definition) is 3. The van der Waals surface area contributed by atoms with E-state index in [0.29, 0.717) is 6.61 Å². The molecule has 0 fully saturated rings. The van der Waals surface area contributed by atoms with E-state index in [-0.39, 0.29) is 11.6 Å². The van der Waals surface area contributed by atoms with Crippen LogP contribution in [0.25, 0.3) is 0 Å². The van der Waals surface area contributed by atoms with E-state index in [1.54, 1.807) is 0 Å². The minimum absolute atomic E-state index is 0.00482. The van der Waals surface area contributed by atoms with Crippen LogP contribution >= 0.6 is 0 Å². The van der Waals surface area contributed by atoms with Crippen LogP contribution in [0.2, 0.25) is 0 Å². The van der Waals surface area contributed by atoms with Gasteiger partial charge >= 0.3 is 12.1 Å². The number of benzene rings is 1. The first-order valence-electron chi connectivity index (χ1n) is 6.84. The van der Waals surface area contributed by atoms with Crippen molar-refractivity contribution < 1.29 is 27.8 Å². The molecule has 0 aliphatic heterocycles. The molecule has 0 saturated carbocycles. The summed E-state index contributed by atoms with van der Waals surface area (Å²) in [7, 11) is 0. The molecule has 0 heterocycles. The predicted molar refractivity (Wildman–Crippen MR) is 81.8 cm³/mol. The summed E-state index contributed by atoms with van der Waals surface area (Å²) in [6.45, 7) is 8.29. The second-order valence-electron chi connectivity index (χ2n) is 5.43. The molecule has 0 spiro atoms. The molecule has 7 heteroatoms. The lowest BCUT2D eigenvalue weighted by Crippen LogP contribution is -2.46. The maximum atomic E-state index is 10.6. The molecule has 1 rings (SSSR count). The van der Waals surface area contributed by atoms with Crippen molar-refractivity contribution in [1.29, 1.82) is 0 Å². The van der Waals surface area contributed by atoms with Gasteiger partial charge in [0, 0.05) is 5.54 Å². The van der Waals surface area contributed by atoms with Gasteiger partial charge in [-0.3, -0.25) is 0 Å². The van der Waals surface area contributed by atoms with Crippen LogP contribution in [0.1, 0.15) is 25.8 Å². The summed E-state index contributed by atoms with van der Waals surface area (Å²) in [6, 6.07) is 10.1. The molecule has 0 amide bonds. The van der Waals surface area contributed by atoms with Gasteiger partial charge in [0.25, 0.3) is 0 Å². The zero-order valence-corrected chi connectivity index (χ0v) is 13.1. The molecule has 0 aliphatic rings. The fraction of sp³-hybridized carbons (Fsp3) is 0.438. The number of alkyl halides is 3. The Kier molecular flexibility index (Phi) is 8.56. The van der Waals surface area contributed by atoms with E-state index in [2.05, 4.69) is 18.7 Å². The Morgan fingerprint density at radius 1 is 1.35 bits per heavy atom. The number of carboxylic acids is 1. The number of halogens is 3. The second-order valence-corrected chi connectivity index (χ2v) is 5.43. The number of nitrogens with two attached hydrogens (primary N) is 1. The number of carboxylic acid groups (broad SMARTS) is 1. The molecule has 23 heavy (non-hydrogen) atoms. The van der Waals surface area contributed by atoms with Crippen LogP contribution in [0.4, 0.5) is 13.2 Å². The number of rotatable bonds is 6. The first-order valence-corrected chi connectivity index (χ1v) is 6.84. The zero-order chi connectivity index (χ0) is 18.1. The average Bonchev–Trinajstić information content (AvgIpc) is 2.43. The minimum Gasteiger partial charge on any atom is -0.475 e. The van der Waals surface area contributed by atoms with E-state index in [1.165, 1.54) is 5.56 Å². The van der Waals surface area contributed by atoms with Crippen LogP contribution in [-0.4, -0.2) is 28.9 Å². The fourth-order valence-corrected chi connectivity index (χ4v) is 1.51. The smallest absolute Gasteiger partial charge is 0.475 e. The molecule has 0 saturated heterocycles. The molecule has 1 aromatic carbocycles. The van der Waals surface area contributed by atoms with Gasteiger partial charge in [-0.25, -0.2) is 4.79 Å². The Labute approximate surface area is 133 Å². The van der Waals surface area contributed by atoms with Gasteiger partial charge in [-0.05, 0) is 25.8 Å². The summed E-state index contributed by atoms with van der Waals surface area (Å²) >= 11 is 0. The number of ether oxygens (including phenoxy) is 1. The zero-order valence-electron chi connectivity index (χ0n) is 13.1. The molecular formula is C16H22F3NO3. The average molecular weight is 333 g/mol. The van der Waals surface area contributed by atoms with E-state index in [9.17, 15) is 13.2 Å². The number of aliphatic carboxylic acids is 1. The summed E-state index contributed by atoms with van der Waals surface area (Å²) in [6.07, 6.45) is -2.45. The van der Waals surface area contributed by atoms with Gasteiger partial charge in [0.1, 0.15) is 0 Å². The highest BCUT2D eigenvalue weighted by Gasteiger charge is 2.38. The Morgan fingerprint density at radius 3 is 2.17 bits per heavy atom. The van der Waals surface area contributed by atoms with Crippen molar-refractivity contribution in [3.05, 3.63) is 48.6 Å². The Balaban J connectivity index is 0.000000585. The monoisotopic (exact) mass is 333 g/mol.